The van der Waals surface area contributed by atoms with E-state index >= 15 is 0 Å². The van der Waals surface area contributed by atoms with Crippen LogP contribution in [0.1, 0.15) is 25.7 Å². The molecule has 0 bridgehead atoms. The van der Waals surface area contributed by atoms with E-state index < -0.39 is 0 Å². The van der Waals surface area contributed by atoms with Crippen molar-refractivity contribution in [2.45, 2.75) is 25.7 Å². The number of benzene rings is 2. The number of aliphatic imine (C=N–C) groups is 1. The van der Waals surface area contributed by atoms with Crippen LogP contribution in [0.25, 0.3) is 0 Å². The average Bonchev–Trinajstić information content (AvgIpc) is 3.05. The number of para-hydroxylation sites is 3. The first-order chi connectivity index (χ1) is 10.3. The minimum atomic E-state index is 0.426. The van der Waals surface area contributed by atoms with Crippen LogP contribution in [0, 0.1) is 5.92 Å². The highest BCUT2D eigenvalue weighted by Crippen LogP contribution is 2.33. The highest BCUT2D eigenvalue weighted by Gasteiger charge is 2.19. The van der Waals surface area contributed by atoms with Crippen LogP contribution in [0.4, 0.5) is 5.69 Å². The molecule has 2 aromatic carbocycles. The van der Waals surface area contributed by atoms with Crippen LogP contribution in [0.15, 0.2) is 59.6 Å². The Labute approximate surface area is 125 Å². The third kappa shape index (κ3) is 3.43. The summed E-state index contributed by atoms with van der Waals surface area (Å²) in [4.78, 5) is 4.61. The molecule has 0 amide bonds. The Hall–Kier alpha value is -2.29. The quantitative estimate of drug-likeness (QED) is 0.654. The van der Waals surface area contributed by atoms with Crippen molar-refractivity contribution in [3.05, 3.63) is 54.6 Å². The maximum atomic E-state index is 6.17. The SMILES string of the molecule is NC(=Nc1ccccc1Oc1ccccc1)C1CCCC1. The predicted molar refractivity (Wildman–Crippen MR) is 86.2 cm³/mol. The molecule has 0 atom stereocenters. The van der Waals surface area contributed by atoms with Gasteiger partial charge in [0.05, 0.1) is 0 Å². The molecule has 1 fully saturated rings. The van der Waals surface area contributed by atoms with Gasteiger partial charge < -0.3 is 10.5 Å². The number of amidine groups is 1. The fourth-order valence-corrected chi connectivity index (χ4v) is 2.70. The van der Waals surface area contributed by atoms with Gasteiger partial charge >= 0.3 is 0 Å². The van der Waals surface area contributed by atoms with Gasteiger partial charge in [-0.05, 0) is 37.1 Å². The molecule has 2 aromatic rings. The zero-order valence-electron chi connectivity index (χ0n) is 12.0. The predicted octanol–water partition coefficient (Wildman–Crippen LogP) is 4.66. The van der Waals surface area contributed by atoms with Gasteiger partial charge in [-0.3, -0.25) is 0 Å². The van der Waals surface area contributed by atoms with Gasteiger partial charge in [-0.2, -0.15) is 0 Å². The molecule has 1 aliphatic carbocycles. The van der Waals surface area contributed by atoms with Crippen LogP contribution in [0.2, 0.25) is 0 Å². The summed E-state index contributed by atoms with van der Waals surface area (Å²) in [7, 11) is 0. The topological polar surface area (TPSA) is 47.6 Å². The molecule has 0 aliphatic heterocycles. The first kappa shape index (κ1) is 13.7. The minimum Gasteiger partial charge on any atom is -0.455 e. The summed E-state index contributed by atoms with van der Waals surface area (Å²) in [5.74, 6) is 2.70. The minimum absolute atomic E-state index is 0.426. The Kier molecular flexibility index (Phi) is 4.20. The van der Waals surface area contributed by atoms with Crippen LogP contribution in [-0.4, -0.2) is 5.84 Å². The summed E-state index contributed by atoms with van der Waals surface area (Å²) in [6.45, 7) is 0. The Bertz CT molecular complexity index is 616. The summed E-state index contributed by atoms with van der Waals surface area (Å²) in [6, 6.07) is 17.5. The number of ether oxygens (including phenoxy) is 1. The lowest BCUT2D eigenvalue weighted by Gasteiger charge is -2.11. The molecule has 3 heteroatoms. The van der Waals surface area contributed by atoms with Crippen LogP contribution in [0.5, 0.6) is 11.5 Å². The second kappa shape index (κ2) is 6.44. The lowest BCUT2D eigenvalue weighted by molar-refractivity contribution is 0.484. The highest BCUT2D eigenvalue weighted by atomic mass is 16.5. The maximum absolute atomic E-state index is 6.17. The standard InChI is InChI=1S/C18H20N2O/c19-18(14-8-4-5-9-14)20-16-12-6-7-13-17(16)21-15-10-2-1-3-11-15/h1-3,6-7,10-14H,4-5,8-9H2,(H2,19,20). The number of hydrogen-bond acceptors (Lipinski definition) is 2. The Morgan fingerprint density at radius 1 is 0.952 bits per heavy atom. The zero-order chi connectivity index (χ0) is 14.5. The second-order valence-electron chi connectivity index (χ2n) is 5.40. The second-order valence-corrected chi connectivity index (χ2v) is 5.40. The van der Waals surface area contributed by atoms with Crippen molar-refractivity contribution < 1.29 is 4.74 Å². The van der Waals surface area contributed by atoms with E-state index in [1.165, 1.54) is 12.8 Å². The van der Waals surface area contributed by atoms with Crippen molar-refractivity contribution in [2.75, 3.05) is 0 Å². The van der Waals surface area contributed by atoms with E-state index in [0.717, 1.165) is 35.9 Å². The van der Waals surface area contributed by atoms with Crippen molar-refractivity contribution >= 4 is 11.5 Å². The summed E-state index contributed by atoms with van der Waals surface area (Å²) in [5.41, 5.74) is 6.96. The molecule has 0 radical (unpaired) electrons. The molecule has 0 aromatic heterocycles. The largest absolute Gasteiger partial charge is 0.455 e. The third-order valence-corrected chi connectivity index (χ3v) is 3.86. The first-order valence-corrected chi connectivity index (χ1v) is 7.49. The van der Waals surface area contributed by atoms with Gasteiger partial charge in [0.1, 0.15) is 17.3 Å². The molecule has 1 saturated carbocycles. The Balaban J connectivity index is 1.84. The van der Waals surface area contributed by atoms with Gasteiger partial charge in [-0.1, -0.05) is 43.2 Å². The van der Waals surface area contributed by atoms with Crippen LogP contribution in [0.3, 0.4) is 0 Å². The van der Waals surface area contributed by atoms with Gasteiger partial charge in [0, 0.05) is 5.92 Å². The number of nitrogens with two attached hydrogens (primary N) is 1. The Morgan fingerprint density at radius 2 is 1.62 bits per heavy atom. The number of hydrogen-bond donors (Lipinski definition) is 1. The molecule has 0 heterocycles. The Morgan fingerprint density at radius 3 is 2.38 bits per heavy atom. The van der Waals surface area contributed by atoms with Crippen molar-refractivity contribution in [3.8, 4) is 11.5 Å². The van der Waals surface area contributed by atoms with Gasteiger partial charge in [0.15, 0.2) is 5.75 Å². The maximum Gasteiger partial charge on any atom is 0.153 e. The van der Waals surface area contributed by atoms with Crippen LogP contribution >= 0.6 is 0 Å². The number of rotatable bonds is 4. The van der Waals surface area contributed by atoms with Crippen molar-refractivity contribution in [3.63, 3.8) is 0 Å². The zero-order valence-corrected chi connectivity index (χ0v) is 12.0. The van der Waals surface area contributed by atoms with Gasteiger partial charge in [0.2, 0.25) is 0 Å². The van der Waals surface area contributed by atoms with Crippen LogP contribution < -0.4 is 10.5 Å². The molecule has 3 nitrogen and oxygen atoms in total. The lowest BCUT2D eigenvalue weighted by Crippen LogP contribution is -2.20. The van der Waals surface area contributed by atoms with E-state index in [-0.39, 0.29) is 0 Å². The van der Waals surface area contributed by atoms with Crippen LogP contribution in [-0.2, 0) is 0 Å². The summed E-state index contributed by atoms with van der Waals surface area (Å²) in [6.07, 6.45) is 4.81. The lowest BCUT2D eigenvalue weighted by atomic mass is 10.1. The summed E-state index contributed by atoms with van der Waals surface area (Å²) >= 11 is 0. The van der Waals surface area contributed by atoms with E-state index in [4.69, 9.17) is 10.5 Å². The molecule has 2 N–H and O–H groups in total. The molecule has 108 valence electrons. The molecule has 1 aliphatic rings. The van der Waals surface area contributed by atoms with Gasteiger partial charge in [-0.15, -0.1) is 0 Å². The van der Waals surface area contributed by atoms with E-state index in [1.54, 1.807) is 0 Å². The average molecular weight is 280 g/mol. The fraction of sp³-hybridized carbons (Fsp3) is 0.278. The summed E-state index contributed by atoms with van der Waals surface area (Å²) in [5, 5.41) is 0. The molecule has 0 unspecified atom stereocenters. The smallest absolute Gasteiger partial charge is 0.153 e. The molecule has 21 heavy (non-hydrogen) atoms. The first-order valence-electron chi connectivity index (χ1n) is 7.49. The molecular weight excluding hydrogens is 260 g/mol. The normalized spacial score (nSPS) is 16.1. The van der Waals surface area contributed by atoms with E-state index in [0.29, 0.717) is 5.92 Å². The molecule has 0 spiro atoms. The van der Waals surface area contributed by atoms with Gasteiger partial charge in [-0.25, -0.2) is 4.99 Å². The molecule has 0 saturated heterocycles. The van der Waals surface area contributed by atoms with E-state index in [2.05, 4.69) is 4.99 Å². The highest BCUT2D eigenvalue weighted by molar-refractivity contribution is 5.86. The number of nitrogens with zero attached hydrogens (tertiary/aromatic N) is 1. The fourth-order valence-electron chi connectivity index (χ4n) is 2.70. The van der Waals surface area contributed by atoms with Gasteiger partial charge in [0.25, 0.3) is 0 Å². The third-order valence-electron chi connectivity index (χ3n) is 3.86. The van der Waals surface area contributed by atoms with Crippen molar-refractivity contribution in [1.82, 2.24) is 0 Å². The van der Waals surface area contributed by atoms with Crippen molar-refractivity contribution in [1.29, 1.82) is 0 Å². The molecular formula is C18H20N2O. The van der Waals surface area contributed by atoms with E-state index in [1.807, 2.05) is 54.6 Å². The molecule has 3 rings (SSSR count). The monoisotopic (exact) mass is 280 g/mol. The summed E-state index contributed by atoms with van der Waals surface area (Å²) < 4.78 is 5.91. The van der Waals surface area contributed by atoms with Crippen molar-refractivity contribution in [2.24, 2.45) is 16.6 Å². The van der Waals surface area contributed by atoms with E-state index in [9.17, 15) is 0 Å².